The quantitative estimate of drug-likeness (QED) is 0.537. The number of ether oxygens (including phenoxy) is 2. The number of benzene rings is 2. The van der Waals surface area contributed by atoms with E-state index in [-0.39, 0.29) is 30.8 Å². The third-order valence-electron chi connectivity index (χ3n) is 6.21. The van der Waals surface area contributed by atoms with Crippen molar-refractivity contribution in [3.05, 3.63) is 72.4 Å². The number of aromatic nitrogens is 2. The first-order valence-electron chi connectivity index (χ1n) is 10.4. The third kappa shape index (κ3) is 2.93. The number of nitrogens with one attached hydrogen (secondary N) is 1. The predicted octanol–water partition coefficient (Wildman–Crippen LogP) is 2.41. The lowest BCUT2D eigenvalue weighted by Gasteiger charge is -2.18. The minimum Gasteiger partial charge on any atom is -0.388 e. The number of carbonyl (C=O) groups is 1. The van der Waals surface area contributed by atoms with E-state index in [1.807, 2.05) is 65.2 Å². The van der Waals surface area contributed by atoms with Gasteiger partial charge in [0, 0.05) is 11.1 Å². The molecule has 0 radical (unpaired) electrons. The molecule has 7 heteroatoms. The molecule has 2 aromatic heterocycles. The zero-order valence-electron chi connectivity index (χ0n) is 16.6. The highest BCUT2D eigenvalue weighted by molar-refractivity contribution is 6.10. The zero-order chi connectivity index (χ0) is 20.9. The molecule has 156 valence electrons. The lowest BCUT2D eigenvalue weighted by molar-refractivity contribution is 0.0178. The molecule has 2 saturated heterocycles. The Morgan fingerprint density at radius 1 is 0.968 bits per heavy atom. The van der Waals surface area contributed by atoms with Gasteiger partial charge in [-0.1, -0.05) is 36.4 Å². The second kappa shape index (κ2) is 7.16. The fourth-order valence-corrected chi connectivity index (χ4v) is 4.72. The number of aliphatic hydroxyl groups excluding tert-OH is 1. The van der Waals surface area contributed by atoms with Crippen LogP contribution in [-0.2, 0) is 9.47 Å². The molecule has 0 spiro atoms. The van der Waals surface area contributed by atoms with Crippen molar-refractivity contribution in [3.63, 3.8) is 0 Å². The van der Waals surface area contributed by atoms with Crippen LogP contribution in [0.15, 0.2) is 66.9 Å². The standard InChI is InChI=1S/C24H21N3O4/c28-21-13-31-22-19(12-30-23(21)22)26-24(29)18-9-8-17(15-5-1-2-6-16(15)18)20-7-3-4-14-10-11-25-27(14)20/h1-11,19,21-23,28H,12-13H2,(H,26,29)/t19-,21-,22+,23+/m0/s1. The summed E-state index contributed by atoms with van der Waals surface area (Å²) >= 11 is 0. The summed E-state index contributed by atoms with van der Waals surface area (Å²) in [4.78, 5) is 13.2. The van der Waals surface area contributed by atoms with E-state index in [4.69, 9.17) is 9.47 Å². The summed E-state index contributed by atoms with van der Waals surface area (Å²) in [5.74, 6) is -0.181. The van der Waals surface area contributed by atoms with E-state index in [9.17, 15) is 9.90 Å². The molecule has 4 heterocycles. The van der Waals surface area contributed by atoms with E-state index in [1.165, 1.54) is 0 Å². The second-order valence-corrected chi connectivity index (χ2v) is 8.03. The molecule has 0 aliphatic carbocycles. The van der Waals surface area contributed by atoms with Crippen LogP contribution in [0.1, 0.15) is 10.4 Å². The van der Waals surface area contributed by atoms with Gasteiger partial charge in [0.1, 0.15) is 18.3 Å². The molecule has 2 aromatic carbocycles. The maximum atomic E-state index is 13.2. The van der Waals surface area contributed by atoms with Crippen molar-refractivity contribution in [1.82, 2.24) is 14.9 Å². The van der Waals surface area contributed by atoms with Crippen molar-refractivity contribution in [2.75, 3.05) is 13.2 Å². The number of pyridine rings is 1. The molecular formula is C24H21N3O4. The SMILES string of the molecule is O=C(N[C@H]1CO[C@H]2[C@@H]1OC[C@@H]2O)c1ccc(-c2cccc3ccnn23)c2ccccc12. The van der Waals surface area contributed by atoms with E-state index in [0.29, 0.717) is 12.2 Å². The number of amides is 1. The Kier molecular flexibility index (Phi) is 4.27. The van der Waals surface area contributed by atoms with Crippen molar-refractivity contribution < 1.29 is 19.4 Å². The normalized spacial score (nSPS) is 25.2. The average molecular weight is 415 g/mol. The average Bonchev–Trinajstić information content (AvgIpc) is 3.51. The maximum Gasteiger partial charge on any atom is 0.252 e. The van der Waals surface area contributed by atoms with Gasteiger partial charge in [-0.25, -0.2) is 4.52 Å². The van der Waals surface area contributed by atoms with Crippen molar-refractivity contribution in [1.29, 1.82) is 0 Å². The van der Waals surface area contributed by atoms with Crippen LogP contribution >= 0.6 is 0 Å². The van der Waals surface area contributed by atoms with Crippen LogP contribution in [0.3, 0.4) is 0 Å². The summed E-state index contributed by atoms with van der Waals surface area (Å²) in [6, 6.07) is 19.4. The maximum absolute atomic E-state index is 13.2. The van der Waals surface area contributed by atoms with Crippen LogP contribution in [0.2, 0.25) is 0 Å². The van der Waals surface area contributed by atoms with E-state index in [0.717, 1.165) is 27.5 Å². The van der Waals surface area contributed by atoms with Gasteiger partial charge in [0.05, 0.1) is 36.7 Å². The number of aliphatic hydroxyl groups is 1. The third-order valence-corrected chi connectivity index (χ3v) is 6.21. The van der Waals surface area contributed by atoms with Crippen molar-refractivity contribution >= 4 is 22.2 Å². The minimum atomic E-state index is -0.642. The number of carbonyl (C=O) groups excluding carboxylic acids is 1. The fraction of sp³-hybridized carbons (Fsp3) is 0.250. The van der Waals surface area contributed by atoms with Gasteiger partial charge in [0.25, 0.3) is 5.91 Å². The number of hydrogen-bond donors (Lipinski definition) is 2. The molecule has 0 unspecified atom stereocenters. The molecule has 2 aliphatic heterocycles. The Bertz CT molecular complexity index is 1300. The van der Waals surface area contributed by atoms with Crippen LogP contribution in [0.5, 0.6) is 0 Å². The summed E-state index contributed by atoms with van der Waals surface area (Å²) in [5, 5.41) is 19.3. The summed E-state index contributed by atoms with van der Waals surface area (Å²) in [7, 11) is 0. The molecule has 2 aliphatic rings. The molecule has 4 atom stereocenters. The Labute approximate surface area is 178 Å². The van der Waals surface area contributed by atoms with Gasteiger partial charge in [-0.05, 0) is 35.0 Å². The predicted molar refractivity (Wildman–Crippen MR) is 115 cm³/mol. The number of nitrogens with zero attached hydrogens (tertiary/aromatic N) is 2. The van der Waals surface area contributed by atoms with Gasteiger partial charge in [-0.3, -0.25) is 4.79 Å². The summed E-state index contributed by atoms with van der Waals surface area (Å²) in [6.45, 7) is 0.563. The van der Waals surface area contributed by atoms with Crippen LogP contribution in [0, 0.1) is 0 Å². The van der Waals surface area contributed by atoms with E-state index < -0.39 is 6.10 Å². The summed E-state index contributed by atoms with van der Waals surface area (Å²) in [5.41, 5.74) is 3.57. The second-order valence-electron chi connectivity index (χ2n) is 8.03. The lowest BCUT2D eigenvalue weighted by Crippen LogP contribution is -2.44. The van der Waals surface area contributed by atoms with Crippen LogP contribution < -0.4 is 5.32 Å². The first kappa shape index (κ1) is 18.5. The van der Waals surface area contributed by atoms with Crippen LogP contribution in [-0.4, -0.2) is 58.2 Å². The van der Waals surface area contributed by atoms with Crippen LogP contribution in [0.25, 0.3) is 27.5 Å². The lowest BCUT2D eigenvalue weighted by atomic mass is 9.96. The highest BCUT2D eigenvalue weighted by atomic mass is 16.6. The first-order valence-corrected chi connectivity index (χ1v) is 10.4. The molecule has 4 aromatic rings. The van der Waals surface area contributed by atoms with Gasteiger partial charge < -0.3 is 19.9 Å². The molecule has 0 bridgehead atoms. The monoisotopic (exact) mass is 415 g/mol. The van der Waals surface area contributed by atoms with Gasteiger partial charge in [0.15, 0.2) is 0 Å². The Balaban J connectivity index is 1.38. The van der Waals surface area contributed by atoms with E-state index in [2.05, 4.69) is 10.4 Å². The molecule has 2 fully saturated rings. The molecule has 7 nitrogen and oxygen atoms in total. The van der Waals surface area contributed by atoms with E-state index >= 15 is 0 Å². The fourth-order valence-electron chi connectivity index (χ4n) is 4.72. The molecule has 6 rings (SSSR count). The topological polar surface area (TPSA) is 85.1 Å². The molecule has 2 N–H and O–H groups in total. The largest absolute Gasteiger partial charge is 0.388 e. The smallest absolute Gasteiger partial charge is 0.252 e. The number of fused-ring (bicyclic) bond motifs is 3. The highest BCUT2D eigenvalue weighted by Gasteiger charge is 2.47. The minimum absolute atomic E-state index is 0.181. The Morgan fingerprint density at radius 3 is 2.71 bits per heavy atom. The van der Waals surface area contributed by atoms with Crippen molar-refractivity contribution in [2.45, 2.75) is 24.4 Å². The summed E-state index contributed by atoms with van der Waals surface area (Å²) in [6.07, 6.45) is 0.444. The number of hydrogen-bond acceptors (Lipinski definition) is 5. The highest BCUT2D eigenvalue weighted by Crippen LogP contribution is 2.32. The van der Waals surface area contributed by atoms with Gasteiger partial charge >= 0.3 is 0 Å². The molecule has 1 amide bonds. The van der Waals surface area contributed by atoms with Crippen molar-refractivity contribution in [3.8, 4) is 11.3 Å². The van der Waals surface area contributed by atoms with Gasteiger partial charge in [-0.15, -0.1) is 0 Å². The first-order chi connectivity index (χ1) is 15.2. The van der Waals surface area contributed by atoms with Crippen molar-refractivity contribution in [2.24, 2.45) is 0 Å². The number of rotatable bonds is 3. The zero-order valence-corrected chi connectivity index (χ0v) is 16.6. The molecule has 31 heavy (non-hydrogen) atoms. The van der Waals surface area contributed by atoms with E-state index in [1.54, 1.807) is 6.20 Å². The molecular weight excluding hydrogens is 394 g/mol. The van der Waals surface area contributed by atoms with Gasteiger partial charge in [-0.2, -0.15) is 5.10 Å². The van der Waals surface area contributed by atoms with Crippen LogP contribution in [0.4, 0.5) is 0 Å². The Morgan fingerprint density at radius 2 is 1.81 bits per heavy atom. The summed E-state index contributed by atoms with van der Waals surface area (Å²) < 4.78 is 13.2. The van der Waals surface area contributed by atoms with Gasteiger partial charge in [0.2, 0.25) is 0 Å². The molecule has 0 saturated carbocycles. The Hall–Kier alpha value is -3.26.